The zero-order chi connectivity index (χ0) is 18.8. The Morgan fingerprint density at radius 1 is 1.12 bits per heavy atom. The Morgan fingerprint density at radius 3 is 2.20 bits per heavy atom. The molecule has 0 aromatic rings. The molecule has 144 valence electrons. The molecule has 0 saturated carbocycles. The van der Waals surface area contributed by atoms with Crippen molar-refractivity contribution >= 4 is 21.8 Å². The van der Waals surface area contributed by atoms with Crippen LogP contribution >= 0.6 is 0 Å². The fraction of sp³-hybridized carbons (Fsp3) is 0.846. The minimum atomic E-state index is -5.08. The summed E-state index contributed by atoms with van der Waals surface area (Å²) in [5, 5.41) is 10.5. The van der Waals surface area contributed by atoms with E-state index in [2.05, 4.69) is 5.32 Å². The number of carbonyl (C=O) groups is 2. The molecule has 2 unspecified atom stereocenters. The number of urea groups is 1. The third-order valence-corrected chi connectivity index (χ3v) is 6.07. The fourth-order valence-electron chi connectivity index (χ4n) is 3.07. The molecule has 0 radical (unpaired) electrons. The standard InChI is InChI=1S/C11H19N3O3S.C2HF3O2/c15-11(13-3-5-18(16,17)6-4-13)14-2-1-9-7-10(14)8-12-9;3-2(4,5)1(6)7/h9-10,12H,1-8H2;(H,6,7). The van der Waals surface area contributed by atoms with E-state index in [1.807, 2.05) is 4.90 Å². The number of rotatable bonds is 0. The minimum Gasteiger partial charge on any atom is -0.475 e. The van der Waals surface area contributed by atoms with Crippen molar-refractivity contribution in [2.75, 3.05) is 37.7 Å². The Hall–Kier alpha value is -1.56. The van der Waals surface area contributed by atoms with Gasteiger partial charge in [-0.2, -0.15) is 13.2 Å². The molecule has 3 fully saturated rings. The summed E-state index contributed by atoms with van der Waals surface area (Å²) in [6.45, 7) is 2.37. The number of halogens is 3. The highest BCUT2D eigenvalue weighted by molar-refractivity contribution is 7.91. The van der Waals surface area contributed by atoms with Gasteiger partial charge < -0.3 is 20.2 Å². The molecule has 12 heteroatoms. The molecule has 3 aliphatic rings. The lowest BCUT2D eigenvalue weighted by Crippen LogP contribution is -2.54. The van der Waals surface area contributed by atoms with Crippen LogP contribution in [-0.2, 0) is 14.6 Å². The largest absolute Gasteiger partial charge is 0.490 e. The van der Waals surface area contributed by atoms with Crippen molar-refractivity contribution in [2.24, 2.45) is 0 Å². The van der Waals surface area contributed by atoms with Crippen LogP contribution in [0.1, 0.15) is 12.8 Å². The Bertz CT molecular complexity index is 611. The number of fused-ring (bicyclic) bond motifs is 2. The van der Waals surface area contributed by atoms with E-state index in [0.29, 0.717) is 25.2 Å². The van der Waals surface area contributed by atoms with Crippen molar-refractivity contribution in [3.05, 3.63) is 0 Å². The van der Waals surface area contributed by atoms with E-state index < -0.39 is 22.0 Å². The Labute approximate surface area is 142 Å². The number of carboxylic acid groups (broad SMARTS) is 1. The number of nitrogens with zero attached hydrogens (tertiary/aromatic N) is 2. The van der Waals surface area contributed by atoms with Gasteiger partial charge in [0.1, 0.15) is 0 Å². The van der Waals surface area contributed by atoms with Crippen LogP contribution in [0, 0.1) is 0 Å². The van der Waals surface area contributed by atoms with Crippen molar-refractivity contribution in [3.8, 4) is 0 Å². The monoisotopic (exact) mass is 387 g/mol. The maximum absolute atomic E-state index is 12.4. The normalized spacial score (nSPS) is 28.1. The van der Waals surface area contributed by atoms with Gasteiger partial charge in [-0.05, 0) is 12.8 Å². The molecule has 3 saturated heterocycles. The molecule has 25 heavy (non-hydrogen) atoms. The molecule has 8 nitrogen and oxygen atoms in total. The molecule has 0 aromatic carbocycles. The minimum absolute atomic E-state index is 0.0250. The smallest absolute Gasteiger partial charge is 0.475 e. The number of piperidine rings is 1. The van der Waals surface area contributed by atoms with Crippen LogP contribution in [-0.4, -0.2) is 91.3 Å². The molecule has 2 amide bonds. The summed E-state index contributed by atoms with van der Waals surface area (Å²) in [5.74, 6) is -2.54. The van der Waals surface area contributed by atoms with Gasteiger partial charge in [0.15, 0.2) is 9.84 Å². The first-order valence-electron chi connectivity index (χ1n) is 7.79. The molecular weight excluding hydrogens is 367 g/mol. The number of carboxylic acids is 1. The van der Waals surface area contributed by atoms with Gasteiger partial charge in [-0.1, -0.05) is 0 Å². The van der Waals surface area contributed by atoms with Crippen LogP contribution in [0.25, 0.3) is 0 Å². The van der Waals surface area contributed by atoms with Crippen LogP contribution < -0.4 is 5.32 Å². The summed E-state index contributed by atoms with van der Waals surface area (Å²) in [5.41, 5.74) is 0. The number of hydrogen-bond donors (Lipinski definition) is 2. The molecule has 0 aliphatic carbocycles. The van der Waals surface area contributed by atoms with E-state index in [0.717, 1.165) is 25.9 Å². The number of sulfone groups is 1. The molecule has 0 spiro atoms. The van der Waals surface area contributed by atoms with Crippen LogP contribution in [0.5, 0.6) is 0 Å². The third-order valence-electron chi connectivity index (χ3n) is 4.46. The first-order chi connectivity index (χ1) is 11.5. The molecule has 2 atom stereocenters. The van der Waals surface area contributed by atoms with E-state index in [4.69, 9.17) is 9.90 Å². The van der Waals surface area contributed by atoms with Gasteiger partial charge in [-0.25, -0.2) is 18.0 Å². The van der Waals surface area contributed by atoms with Crippen LogP contribution in [0.4, 0.5) is 18.0 Å². The molecule has 2 bridgehead atoms. The highest BCUT2D eigenvalue weighted by Crippen LogP contribution is 2.24. The zero-order valence-electron chi connectivity index (χ0n) is 13.3. The summed E-state index contributed by atoms with van der Waals surface area (Å²) in [7, 11) is -2.92. The second kappa shape index (κ2) is 7.36. The Balaban J connectivity index is 0.000000277. The van der Waals surface area contributed by atoms with E-state index in [1.54, 1.807) is 4.90 Å². The molecular formula is C13H20F3N3O5S. The molecule has 3 aliphatic heterocycles. The average molecular weight is 387 g/mol. The van der Waals surface area contributed by atoms with Crippen LogP contribution in [0.2, 0.25) is 0 Å². The number of amides is 2. The maximum atomic E-state index is 12.4. The van der Waals surface area contributed by atoms with Gasteiger partial charge in [0.05, 0.1) is 11.5 Å². The SMILES string of the molecule is O=C(N1CCS(=O)(=O)CC1)N1CCC2CC1CN2.O=C(O)C(F)(F)F. The van der Waals surface area contributed by atoms with Gasteiger partial charge in [-0.15, -0.1) is 0 Å². The van der Waals surface area contributed by atoms with Crippen molar-refractivity contribution in [1.82, 2.24) is 15.1 Å². The maximum Gasteiger partial charge on any atom is 0.490 e. The first-order valence-corrected chi connectivity index (χ1v) is 9.61. The van der Waals surface area contributed by atoms with Crippen LogP contribution in [0.15, 0.2) is 0 Å². The second-order valence-electron chi connectivity index (χ2n) is 6.20. The van der Waals surface area contributed by atoms with E-state index in [-0.39, 0.29) is 17.5 Å². The fourth-order valence-corrected chi connectivity index (χ4v) is 4.27. The van der Waals surface area contributed by atoms with Gasteiger partial charge >= 0.3 is 18.2 Å². The van der Waals surface area contributed by atoms with Crippen molar-refractivity contribution in [1.29, 1.82) is 0 Å². The average Bonchev–Trinajstić information content (AvgIpc) is 2.88. The number of alkyl halides is 3. The molecule has 2 N–H and O–H groups in total. The second-order valence-corrected chi connectivity index (χ2v) is 8.50. The quantitative estimate of drug-likeness (QED) is 0.602. The van der Waals surface area contributed by atoms with Crippen molar-refractivity contribution < 1.29 is 36.3 Å². The Morgan fingerprint density at radius 2 is 1.68 bits per heavy atom. The van der Waals surface area contributed by atoms with Gasteiger partial charge in [0.25, 0.3) is 0 Å². The molecule has 3 heterocycles. The van der Waals surface area contributed by atoms with Crippen LogP contribution in [0.3, 0.4) is 0 Å². The first kappa shape index (κ1) is 19.8. The predicted molar refractivity (Wildman–Crippen MR) is 80.8 cm³/mol. The Kier molecular flexibility index (Phi) is 5.82. The number of likely N-dealkylation sites (tertiary alicyclic amines) is 1. The predicted octanol–water partition coefficient (Wildman–Crippen LogP) is -0.0937. The summed E-state index contributed by atoms with van der Waals surface area (Å²) < 4.78 is 54.5. The lowest BCUT2D eigenvalue weighted by Gasteiger charge is -2.37. The third kappa shape index (κ3) is 5.21. The number of carbonyl (C=O) groups excluding carboxylic acids is 1. The van der Waals surface area contributed by atoms with Crippen molar-refractivity contribution in [2.45, 2.75) is 31.1 Å². The van der Waals surface area contributed by atoms with E-state index >= 15 is 0 Å². The van der Waals surface area contributed by atoms with Gasteiger partial charge in [0, 0.05) is 38.3 Å². The van der Waals surface area contributed by atoms with Gasteiger partial charge in [0.2, 0.25) is 0 Å². The van der Waals surface area contributed by atoms with E-state index in [9.17, 15) is 26.4 Å². The summed E-state index contributed by atoms with van der Waals surface area (Å²) >= 11 is 0. The highest BCUT2D eigenvalue weighted by Gasteiger charge is 2.39. The highest BCUT2D eigenvalue weighted by atomic mass is 32.2. The number of aliphatic carboxylic acids is 1. The van der Waals surface area contributed by atoms with E-state index in [1.165, 1.54) is 0 Å². The van der Waals surface area contributed by atoms with Gasteiger partial charge in [-0.3, -0.25) is 0 Å². The summed E-state index contributed by atoms with van der Waals surface area (Å²) in [4.78, 5) is 24.9. The topological polar surface area (TPSA) is 107 Å². The summed E-state index contributed by atoms with van der Waals surface area (Å²) in [6, 6.07) is 0.896. The lowest BCUT2D eigenvalue weighted by atomic mass is 10.0. The zero-order valence-corrected chi connectivity index (χ0v) is 14.1. The lowest BCUT2D eigenvalue weighted by molar-refractivity contribution is -0.192. The summed E-state index contributed by atoms with van der Waals surface area (Å²) in [6.07, 6.45) is -3.04. The molecule has 0 aromatic heterocycles. The number of hydrogen-bond acceptors (Lipinski definition) is 5. The van der Waals surface area contributed by atoms with Crippen molar-refractivity contribution in [3.63, 3.8) is 0 Å². The molecule has 3 rings (SSSR count). The number of nitrogens with one attached hydrogen (secondary N) is 1.